The summed E-state index contributed by atoms with van der Waals surface area (Å²) in [5.74, 6) is -2.11. The van der Waals surface area contributed by atoms with Gasteiger partial charge in [0.2, 0.25) is 0 Å². The van der Waals surface area contributed by atoms with Gasteiger partial charge in [0.15, 0.2) is 0 Å². The fourth-order valence-electron chi connectivity index (χ4n) is 3.56. The molecule has 166 valence electrons. The number of carbonyl (C=O) groups is 4. The SMILES string of the molecule is O=C1OC(=O)C(c2ccc(C3=C(/C=C/c4ccco4)C(=O)OC3=O)cc2)=C1/C=C/c1ccco1. The van der Waals surface area contributed by atoms with Crippen molar-refractivity contribution < 1.29 is 37.5 Å². The van der Waals surface area contributed by atoms with Crippen LogP contribution in [0.15, 0.2) is 93.2 Å². The Morgan fingerprint density at radius 2 is 0.912 bits per heavy atom. The van der Waals surface area contributed by atoms with Gasteiger partial charge in [0.25, 0.3) is 0 Å². The lowest BCUT2D eigenvalue weighted by atomic mass is 9.96. The number of carbonyl (C=O) groups excluding carboxylic acids is 4. The second kappa shape index (κ2) is 8.51. The van der Waals surface area contributed by atoms with Gasteiger partial charge in [0, 0.05) is 0 Å². The predicted octanol–water partition coefficient (Wildman–Crippen LogP) is 3.97. The van der Waals surface area contributed by atoms with E-state index in [4.69, 9.17) is 18.3 Å². The first-order valence-corrected chi connectivity index (χ1v) is 10.1. The zero-order valence-corrected chi connectivity index (χ0v) is 17.3. The van der Waals surface area contributed by atoms with E-state index in [2.05, 4.69) is 0 Å². The van der Waals surface area contributed by atoms with Crippen molar-refractivity contribution in [1.29, 1.82) is 0 Å². The Labute approximate surface area is 192 Å². The molecule has 2 aliphatic rings. The number of hydrogen-bond donors (Lipinski definition) is 0. The average Bonchev–Trinajstić information content (AvgIpc) is 3.60. The standard InChI is InChI=1S/C26H14O8/c27-23-19(11-9-17-3-1-13-31-17)21(25(29)33-23)15-5-7-16(8-6-15)22-20(24(28)34-26(22)30)12-10-18-4-2-14-32-18/h1-14H/b11-9+,12-10+. The molecule has 3 aromatic rings. The lowest BCUT2D eigenvalue weighted by molar-refractivity contribution is -0.151. The molecule has 0 amide bonds. The number of rotatable bonds is 6. The van der Waals surface area contributed by atoms with E-state index in [1.165, 1.54) is 24.7 Å². The van der Waals surface area contributed by atoms with Gasteiger partial charge in [-0.25, -0.2) is 19.2 Å². The monoisotopic (exact) mass is 454 g/mol. The summed E-state index contributed by atoms with van der Waals surface area (Å²) in [6.07, 6.45) is 8.96. The molecule has 0 N–H and O–H groups in total. The number of hydrogen-bond acceptors (Lipinski definition) is 8. The summed E-state index contributed by atoms with van der Waals surface area (Å²) in [5, 5.41) is 0. The minimum absolute atomic E-state index is 0.0749. The smallest absolute Gasteiger partial charge is 0.347 e. The Hall–Kier alpha value is -4.98. The number of furan rings is 2. The van der Waals surface area contributed by atoms with E-state index in [1.54, 1.807) is 60.7 Å². The first-order valence-electron chi connectivity index (χ1n) is 10.1. The molecule has 0 atom stereocenters. The quantitative estimate of drug-likeness (QED) is 0.406. The Kier molecular flexibility index (Phi) is 5.23. The third kappa shape index (κ3) is 3.84. The molecule has 2 aliphatic heterocycles. The van der Waals surface area contributed by atoms with Crippen molar-refractivity contribution in [1.82, 2.24) is 0 Å². The van der Waals surface area contributed by atoms with Gasteiger partial charge in [-0.05, 0) is 59.7 Å². The lowest BCUT2D eigenvalue weighted by Crippen LogP contribution is -2.02. The normalized spacial score (nSPS) is 16.5. The summed E-state index contributed by atoms with van der Waals surface area (Å²) in [5.41, 5.74) is 1.12. The largest absolute Gasteiger partial charge is 0.465 e. The molecule has 8 heteroatoms. The van der Waals surface area contributed by atoms with Crippen LogP contribution in [0.4, 0.5) is 0 Å². The zero-order chi connectivity index (χ0) is 23.7. The topological polar surface area (TPSA) is 113 Å². The molecule has 0 radical (unpaired) electrons. The fourth-order valence-corrected chi connectivity index (χ4v) is 3.56. The molecule has 0 saturated heterocycles. The van der Waals surface area contributed by atoms with Crippen molar-refractivity contribution >= 4 is 47.2 Å². The third-order valence-electron chi connectivity index (χ3n) is 5.13. The van der Waals surface area contributed by atoms with E-state index in [-0.39, 0.29) is 22.3 Å². The first-order chi connectivity index (χ1) is 16.5. The molecule has 34 heavy (non-hydrogen) atoms. The highest BCUT2D eigenvalue weighted by atomic mass is 16.6. The maximum Gasteiger partial charge on any atom is 0.347 e. The second-order valence-corrected chi connectivity index (χ2v) is 7.21. The first kappa shape index (κ1) is 20.9. The van der Waals surface area contributed by atoms with E-state index in [0.29, 0.717) is 22.6 Å². The molecule has 8 nitrogen and oxygen atoms in total. The van der Waals surface area contributed by atoms with Crippen LogP contribution >= 0.6 is 0 Å². The van der Waals surface area contributed by atoms with Gasteiger partial charge in [0.1, 0.15) is 11.5 Å². The minimum atomic E-state index is -0.784. The maximum absolute atomic E-state index is 12.3. The van der Waals surface area contributed by atoms with Crippen molar-refractivity contribution in [3.8, 4) is 0 Å². The second-order valence-electron chi connectivity index (χ2n) is 7.21. The molecule has 0 unspecified atom stereocenters. The van der Waals surface area contributed by atoms with Crippen LogP contribution in [0.1, 0.15) is 22.6 Å². The van der Waals surface area contributed by atoms with Gasteiger partial charge in [0.05, 0.1) is 34.8 Å². The van der Waals surface area contributed by atoms with Crippen molar-refractivity contribution in [2.45, 2.75) is 0 Å². The number of ether oxygens (including phenoxy) is 2. The summed E-state index contributed by atoms with van der Waals surface area (Å²) < 4.78 is 20.0. The van der Waals surface area contributed by atoms with Crippen LogP contribution < -0.4 is 0 Å². The molecule has 1 aromatic carbocycles. The van der Waals surface area contributed by atoms with Crippen LogP contribution in [0.2, 0.25) is 0 Å². The van der Waals surface area contributed by atoms with Crippen LogP contribution in [0.5, 0.6) is 0 Å². The summed E-state index contributed by atoms with van der Waals surface area (Å²) >= 11 is 0. The molecule has 0 bridgehead atoms. The van der Waals surface area contributed by atoms with Gasteiger partial charge in [-0.3, -0.25) is 0 Å². The molecule has 0 spiro atoms. The average molecular weight is 454 g/mol. The molecular formula is C26H14O8. The minimum Gasteiger partial charge on any atom is -0.465 e. The van der Waals surface area contributed by atoms with Crippen LogP contribution in [-0.2, 0) is 28.7 Å². The molecule has 0 saturated carbocycles. The highest BCUT2D eigenvalue weighted by Crippen LogP contribution is 2.32. The summed E-state index contributed by atoms with van der Waals surface area (Å²) in [4.78, 5) is 49.1. The summed E-state index contributed by atoms with van der Waals surface area (Å²) in [7, 11) is 0. The zero-order valence-electron chi connectivity index (χ0n) is 17.3. The molecule has 0 aliphatic carbocycles. The molecular weight excluding hydrogens is 440 g/mol. The fraction of sp³-hybridized carbons (Fsp3) is 0. The Morgan fingerprint density at radius 3 is 1.26 bits per heavy atom. The number of cyclic esters (lactones) is 4. The number of benzene rings is 1. The molecule has 0 fully saturated rings. The van der Waals surface area contributed by atoms with Gasteiger partial charge < -0.3 is 18.3 Å². The van der Waals surface area contributed by atoms with Gasteiger partial charge in [-0.15, -0.1) is 0 Å². The highest BCUT2D eigenvalue weighted by molar-refractivity contribution is 6.33. The molecule has 2 aromatic heterocycles. The van der Waals surface area contributed by atoms with Crippen LogP contribution in [0.3, 0.4) is 0 Å². The highest BCUT2D eigenvalue weighted by Gasteiger charge is 2.34. The van der Waals surface area contributed by atoms with Crippen molar-refractivity contribution in [3.05, 3.63) is 107 Å². The van der Waals surface area contributed by atoms with Gasteiger partial charge in [-0.1, -0.05) is 24.3 Å². The predicted molar refractivity (Wildman–Crippen MR) is 118 cm³/mol. The molecule has 4 heterocycles. The Balaban J connectivity index is 1.51. The van der Waals surface area contributed by atoms with E-state index >= 15 is 0 Å². The summed E-state index contributed by atoms with van der Waals surface area (Å²) in [6.45, 7) is 0. The van der Waals surface area contributed by atoms with E-state index < -0.39 is 23.9 Å². The summed E-state index contributed by atoms with van der Waals surface area (Å²) in [6, 6.07) is 13.0. The van der Waals surface area contributed by atoms with Crippen LogP contribution in [0, 0.1) is 0 Å². The van der Waals surface area contributed by atoms with Crippen molar-refractivity contribution in [2.24, 2.45) is 0 Å². The lowest BCUT2D eigenvalue weighted by Gasteiger charge is -2.04. The van der Waals surface area contributed by atoms with Crippen LogP contribution in [-0.4, -0.2) is 23.9 Å². The third-order valence-corrected chi connectivity index (χ3v) is 5.13. The number of esters is 4. The maximum atomic E-state index is 12.3. The van der Waals surface area contributed by atoms with E-state index in [1.807, 2.05) is 0 Å². The van der Waals surface area contributed by atoms with Crippen molar-refractivity contribution in [3.63, 3.8) is 0 Å². The van der Waals surface area contributed by atoms with Crippen LogP contribution in [0.25, 0.3) is 23.3 Å². The van der Waals surface area contributed by atoms with Crippen molar-refractivity contribution in [2.75, 3.05) is 0 Å². The Morgan fingerprint density at radius 1 is 0.500 bits per heavy atom. The molecule has 5 rings (SSSR count). The Bertz CT molecular complexity index is 1320. The van der Waals surface area contributed by atoms with E-state index in [0.717, 1.165) is 0 Å². The van der Waals surface area contributed by atoms with E-state index in [9.17, 15) is 19.2 Å². The van der Waals surface area contributed by atoms with Gasteiger partial charge >= 0.3 is 23.9 Å². The van der Waals surface area contributed by atoms with Gasteiger partial charge in [-0.2, -0.15) is 0 Å².